The Hall–Kier alpha value is -4.04. The Labute approximate surface area is 226 Å². The van der Waals surface area contributed by atoms with Gasteiger partial charge in [0.2, 0.25) is 5.95 Å². The number of nitrogens with zero attached hydrogens (tertiary/aromatic N) is 4. The third-order valence-corrected chi connectivity index (χ3v) is 6.44. The summed E-state index contributed by atoms with van der Waals surface area (Å²) in [7, 11) is 4.26. The SMILES string of the molecule is COC(=O)c1cc(-c2cnc(Nc3cc(OC)cc(OC)c3)nc2N2NC(C(F)(F)F)C=C2C)cnc1SC. The van der Waals surface area contributed by atoms with Crippen molar-refractivity contribution in [2.75, 3.05) is 37.9 Å². The Morgan fingerprint density at radius 1 is 1.08 bits per heavy atom. The van der Waals surface area contributed by atoms with E-state index in [9.17, 15) is 18.0 Å². The topological polar surface area (TPSA) is 111 Å². The van der Waals surface area contributed by atoms with Crippen molar-refractivity contribution in [1.29, 1.82) is 0 Å². The van der Waals surface area contributed by atoms with E-state index in [0.717, 1.165) is 6.08 Å². The first-order chi connectivity index (χ1) is 18.6. The fraction of sp³-hybridized carbons (Fsp3) is 0.280. The van der Waals surface area contributed by atoms with Gasteiger partial charge in [-0.05, 0) is 25.3 Å². The third-order valence-electron chi connectivity index (χ3n) is 5.73. The molecule has 0 saturated carbocycles. The van der Waals surface area contributed by atoms with E-state index in [-0.39, 0.29) is 23.0 Å². The minimum absolute atomic E-state index is 0.0935. The molecule has 2 N–H and O–H groups in total. The molecule has 14 heteroatoms. The van der Waals surface area contributed by atoms with Crippen LogP contribution in [-0.2, 0) is 4.74 Å². The highest BCUT2D eigenvalue weighted by Gasteiger charge is 2.43. The third kappa shape index (κ3) is 6.01. The van der Waals surface area contributed by atoms with Gasteiger partial charge in [-0.1, -0.05) is 0 Å². The maximum Gasteiger partial charge on any atom is 0.409 e. The number of benzene rings is 1. The van der Waals surface area contributed by atoms with Gasteiger partial charge in [0, 0.05) is 53.1 Å². The number of rotatable bonds is 8. The minimum atomic E-state index is -4.53. The molecule has 0 saturated heterocycles. The second kappa shape index (κ2) is 11.4. The first-order valence-corrected chi connectivity index (χ1v) is 12.6. The number of carbonyl (C=O) groups is 1. The summed E-state index contributed by atoms with van der Waals surface area (Å²) in [5.41, 5.74) is 4.18. The molecular formula is C25H25F3N6O4S. The second-order valence-electron chi connectivity index (χ2n) is 8.22. The molecule has 1 aliphatic heterocycles. The summed E-state index contributed by atoms with van der Waals surface area (Å²) in [5, 5.41) is 4.70. The highest BCUT2D eigenvalue weighted by Crippen LogP contribution is 2.37. The van der Waals surface area contributed by atoms with E-state index in [1.807, 2.05) is 0 Å². The summed E-state index contributed by atoms with van der Waals surface area (Å²) < 4.78 is 56.1. The number of ether oxygens (including phenoxy) is 3. The summed E-state index contributed by atoms with van der Waals surface area (Å²) >= 11 is 1.26. The summed E-state index contributed by atoms with van der Waals surface area (Å²) in [4.78, 5) is 25.7. The van der Waals surface area contributed by atoms with Gasteiger partial charge < -0.3 is 19.5 Å². The van der Waals surface area contributed by atoms with Gasteiger partial charge in [-0.25, -0.2) is 20.2 Å². The zero-order chi connectivity index (χ0) is 28.3. The van der Waals surface area contributed by atoms with Crippen LogP contribution in [0.2, 0.25) is 0 Å². The maximum atomic E-state index is 13.6. The van der Waals surface area contributed by atoms with Crippen LogP contribution >= 0.6 is 11.8 Å². The number of pyridine rings is 1. The molecule has 1 atom stereocenters. The summed E-state index contributed by atoms with van der Waals surface area (Å²) in [6.45, 7) is 1.53. The van der Waals surface area contributed by atoms with Crippen molar-refractivity contribution in [3.8, 4) is 22.6 Å². The lowest BCUT2D eigenvalue weighted by Crippen LogP contribution is -2.45. The number of methoxy groups -OCH3 is 3. The smallest absolute Gasteiger partial charge is 0.409 e. The van der Waals surface area contributed by atoms with Crippen LogP contribution in [0.3, 0.4) is 0 Å². The lowest BCUT2D eigenvalue weighted by molar-refractivity contribution is -0.142. The van der Waals surface area contributed by atoms with Crippen molar-refractivity contribution < 1.29 is 32.2 Å². The number of hydrazine groups is 1. The average molecular weight is 563 g/mol. The van der Waals surface area contributed by atoms with Gasteiger partial charge in [-0.15, -0.1) is 11.8 Å². The van der Waals surface area contributed by atoms with Gasteiger partial charge in [0.25, 0.3) is 0 Å². The Kier molecular flexibility index (Phi) is 8.16. The molecule has 4 rings (SSSR count). The van der Waals surface area contributed by atoms with Gasteiger partial charge in [0.1, 0.15) is 22.6 Å². The average Bonchev–Trinajstić information content (AvgIpc) is 3.34. The number of esters is 1. The number of hydrogen-bond donors (Lipinski definition) is 2. The predicted molar refractivity (Wildman–Crippen MR) is 140 cm³/mol. The molecule has 39 heavy (non-hydrogen) atoms. The molecule has 1 unspecified atom stereocenters. The zero-order valence-electron chi connectivity index (χ0n) is 21.6. The fourth-order valence-electron chi connectivity index (χ4n) is 3.82. The van der Waals surface area contributed by atoms with E-state index < -0.39 is 18.2 Å². The lowest BCUT2D eigenvalue weighted by Gasteiger charge is -2.25. The van der Waals surface area contributed by atoms with E-state index >= 15 is 0 Å². The fourth-order valence-corrected chi connectivity index (χ4v) is 4.34. The standard InChI is InChI=1S/C25H25F3N6O4S/c1-13-6-20(25(26,27)28)33-34(13)21-19(14-7-18(23(35)38-4)22(39-5)29-11-14)12-30-24(32-21)31-15-8-16(36-2)10-17(9-15)37-3/h6-12,20,33H,1-5H3,(H,30,31,32). The Morgan fingerprint density at radius 3 is 2.33 bits per heavy atom. The van der Waals surface area contributed by atoms with Gasteiger partial charge in [-0.2, -0.15) is 18.2 Å². The molecule has 0 bridgehead atoms. The molecule has 0 amide bonds. The minimum Gasteiger partial charge on any atom is -0.497 e. The highest BCUT2D eigenvalue weighted by molar-refractivity contribution is 7.98. The number of alkyl halides is 3. The first kappa shape index (κ1) is 28.0. The van der Waals surface area contributed by atoms with E-state index in [2.05, 4.69) is 25.7 Å². The Morgan fingerprint density at radius 2 is 1.77 bits per heavy atom. The maximum absolute atomic E-state index is 13.6. The molecule has 3 aromatic rings. The Bertz CT molecular complexity index is 1400. The van der Waals surface area contributed by atoms with Crippen LogP contribution in [0, 0.1) is 0 Å². The second-order valence-corrected chi connectivity index (χ2v) is 9.02. The van der Waals surface area contributed by atoms with Crippen LogP contribution < -0.4 is 25.2 Å². The number of hydrogen-bond acceptors (Lipinski definition) is 11. The van der Waals surface area contributed by atoms with Crippen LogP contribution in [0.15, 0.2) is 53.5 Å². The van der Waals surface area contributed by atoms with Gasteiger partial charge in [0.15, 0.2) is 5.82 Å². The quantitative estimate of drug-likeness (QED) is 0.287. The number of carbonyl (C=O) groups excluding carboxylic acids is 1. The highest BCUT2D eigenvalue weighted by atomic mass is 32.2. The van der Waals surface area contributed by atoms with Crippen LogP contribution in [0.1, 0.15) is 17.3 Å². The molecule has 0 spiro atoms. The number of halogens is 3. The van der Waals surface area contributed by atoms with Crippen molar-refractivity contribution in [2.24, 2.45) is 0 Å². The van der Waals surface area contributed by atoms with Crippen LogP contribution in [-0.4, -0.2) is 60.7 Å². The van der Waals surface area contributed by atoms with Crippen molar-refractivity contribution >= 4 is 35.2 Å². The molecule has 3 heterocycles. The normalized spacial score (nSPS) is 15.1. The van der Waals surface area contributed by atoms with Crippen LogP contribution in [0.4, 0.5) is 30.6 Å². The number of nitrogens with one attached hydrogen (secondary N) is 2. The molecule has 0 aliphatic carbocycles. The van der Waals surface area contributed by atoms with Gasteiger partial charge >= 0.3 is 12.1 Å². The summed E-state index contributed by atoms with van der Waals surface area (Å²) in [6, 6.07) is 4.69. The zero-order valence-corrected chi connectivity index (χ0v) is 22.4. The van der Waals surface area contributed by atoms with Crippen molar-refractivity contribution in [3.63, 3.8) is 0 Å². The number of allylic oxidation sites excluding steroid dienone is 1. The monoisotopic (exact) mass is 562 g/mol. The number of thioether (sulfide) groups is 1. The van der Waals surface area contributed by atoms with E-state index in [1.165, 1.54) is 57.4 Å². The van der Waals surface area contributed by atoms with Crippen molar-refractivity contribution in [2.45, 2.75) is 24.2 Å². The lowest BCUT2D eigenvalue weighted by atomic mass is 10.1. The first-order valence-electron chi connectivity index (χ1n) is 11.4. The molecule has 0 radical (unpaired) electrons. The van der Waals surface area contributed by atoms with Gasteiger partial charge in [0.05, 0.1) is 26.9 Å². The van der Waals surface area contributed by atoms with Crippen molar-refractivity contribution in [1.82, 2.24) is 20.4 Å². The van der Waals surface area contributed by atoms with E-state index in [4.69, 9.17) is 14.2 Å². The Balaban J connectivity index is 1.82. The number of anilines is 3. The number of aromatic nitrogens is 3. The largest absolute Gasteiger partial charge is 0.497 e. The summed E-state index contributed by atoms with van der Waals surface area (Å²) in [6.07, 6.45) is 1.23. The predicted octanol–water partition coefficient (Wildman–Crippen LogP) is 4.97. The molecule has 2 aromatic heterocycles. The van der Waals surface area contributed by atoms with E-state index in [1.54, 1.807) is 30.5 Å². The molecule has 206 valence electrons. The van der Waals surface area contributed by atoms with Crippen LogP contribution in [0.25, 0.3) is 11.1 Å². The van der Waals surface area contributed by atoms with Gasteiger partial charge in [-0.3, -0.25) is 5.01 Å². The molecule has 1 aromatic carbocycles. The molecular weight excluding hydrogens is 537 g/mol. The molecule has 0 fully saturated rings. The molecule has 1 aliphatic rings. The van der Waals surface area contributed by atoms with Crippen LogP contribution in [0.5, 0.6) is 11.5 Å². The van der Waals surface area contributed by atoms with E-state index in [0.29, 0.717) is 33.3 Å². The summed E-state index contributed by atoms with van der Waals surface area (Å²) in [5.74, 6) is 0.622. The molecule has 10 nitrogen and oxygen atoms in total. The van der Waals surface area contributed by atoms with Crippen molar-refractivity contribution in [3.05, 3.63) is 54.0 Å².